The van der Waals surface area contributed by atoms with Crippen LogP contribution in [-0.2, 0) is 18.3 Å². The lowest BCUT2D eigenvalue weighted by atomic mass is 9.66. The highest BCUT2D eigenvalue weighted by atomic mass is 14.5. The maximum atomic E-state index is 2.46. The minimum atomic E-state index is -0.311. The van der Waals surface area contributed by atoms with Crippen LogP contribution in [0, 0.1) is 27.7 Å². The highest BCUT2D eigenvalue weighted by molar-refractivity contribution is 5.87. The number of aryl methyl sites for hydroxylation is 6. The van der Waals surface area contributed by atoms with Gasteiger partial charge in [0.2, 0.25) is 0 Å². The molecule has 4 aromatic rings. The van der Waals surface area contributed by atoms with Crippen molar-refractivity contribution in [3.8, 4) is 11.1 Å². The van der Waals surface area contributed by atoms with Gasteiger partial charge in [-0.05, 0) is 85.0 Å². The lowest BCUT2D eigenvalue weighted by Crippen LogP contribution is -2.29. The molecule has 0 amide bonds. The van der Waals surface area contributed by atoms with Crippen LogP contribution in [0.1, 0.15) is 69.5 Å². The first-order valence-electron chi connectivity index (χ1n) is 12.3. The van der Waals surface area contributed by atoms with Crippen LogP contribution < -0.4 is 0 Å². The summed E-state index contributed by atoms with van der Waals surface area (Å²) >= 11 is 0. The molecule has 0 N–H and O–H groups in total. The Balaban J connectivity index is 2.01. The van der Waals surface area contributed by atoms with Crippen molar-refractivity contribution in [2.45, 2.75) is 59.8 Å². The molecular weight excluding hydrogens is 396 g/mol. The van der Waals surface area contributed by atoms with Crippen molar-refractivity contribution >= 4 is 0 Å². The van der Waals surface area contributed by atoms with Gasteiger partial charge in [-0.3, -0.25) is 0 Å². The lowest BCUT2D eigenvalue weighted by Gasteiger charge is -2.35. The summed E-state index contributed by atoms with van der Waals surface area (Å²) in [5, 5.41) is 0. The molecule has 5 rings (SSSR count). The van der Waals surface area contributed by atoms with Gasteiger partial charge in [0.1, 0.15) is 0 Å². The van der Waals surface area contributed by atoms with Crippen LogP contribution in [-0.4, -0.2) is 0 Å². The van der Waals surface area contributed by atoms with E-state index in [2.05, 4.69) is 114 Å². The topological polar surface area (TPSA) is 0 Å². The van der Waals surface area contributed by atoms with Crippen molar-refractivity contribution in [1.29, 1.82) is 0 Å². The molecule has 4 aromatic carbocycles. The van der Waals surface area contributed by atoms with E-state index in [9.17, 15) is 0 Å². The normalized spacial score (nSPS) is 13.6. The Morgan fingerprint density at radius 3 is 1.30 bits per heavy atom. The summed E-state index contributed by atoms with van der Waals surface area (Å²) in [6.07, 6.45) is 2.08. The van der Waals surface area contributed by atoms with E-state index in [0.29, 0.717) is 0 Å². The highest BCUT2D eigenvalue weighted by Gasteiger charge is 2.46. The second-order valence-electron chi connectivity index (χ2n) is 9.97. The highest BCUT2D eigenvalue weighted by Crippen LogP contribution is 2.57. The summed E-state index contributed by atoms with van der Waals surface area (Å²) in [7, 11) is 0. The van der Waals surface area contributed by atoms with Crippen LogP contribution in [0.5, 0.6) is 0 Å². The summed E-state index contributed by atoms with van der Waals surface area (Å²) in [4.78, 5) is 0. The van der Waals surface area contributed by atoms with E-state index in [1.54, 1.807) is 0 Å². The monoisotopic (exact) mass is 430 g/mol. The average molecular weight is 431 g/mol. The van der Waals surface area contributed by atoms with E-state index in [0.717, 1.165) is 12.8 Å². The first-order chi connectivity index (χ1) is 15.9. The molecule has 1 aliphatic carbocycles. The SMILES string of the molecule is CCc1cc(C)cc(C2(c3cc(C)cc(CC)c3)c3cc(C)ccc3-c3ccc(C)cc32)c1. The Labute approximate surface area is 199 Å². The molecule has 33 heavy (non-hydrogen) atoms. The van der Waals surface area contributed by atoms with E-state index >= 15 is 0 Å². The fourth-order valence-electron chi connectivity index (χ4n) is 5.91. The van der Waals surface area contributed by atoms with Crippen molar-refractivity contribution in [1.82, 2.24) is 0 Å². The molecule has 0 radical (unpaired) electrons. The summed E-state index contributed by atoms with van der Waals surface area (Å²) in [6, 6.07) is 28.5. The van der Waals surface area contributed by atoms with Gasteiger partial charge in [0.05, 0.1) is 5.41 Å². The van der Waals surface area contributed by atoms with Gasteiger partial charge in [-0.2, -0.15) is 0 Å². The van der Waals surface area contributed by atoms with E-state index in [1.165, 1.54) is 66.8 Å². The van der Waals surface area contributed by atoms with E-state index in [-0.39, 0.29) is 5.41 Å². The van der Waals surface area contributed by atoms with Crippen LogP contribution in [0.25, 0.3) is 11.1 Å². The fraction of sp³-hybridized carbons (Fsp3) is 0.273. The summed E-state index contributed by atoms with van der Waals surface area (Å²) in [6.45, 7) is 13.5. The maximum absolute atomic E-state index is 2.46. The third-order valence-electron chi connectivity index (χ3n) is 7.41. The van der Waals surface area contributed by atoms with Crippen LogP contribution in [0.2, 0.25) is 0 Å². The van der Waals surface area contributed by atoms with Crippen molar-refractivity contribution in [3.05, 3.63) is 128 Å². The Morgan fingerprint density at radius 2 is 0.909 bits per heavy atom. The number of hydrogen-bond acceptors (Lipinski definition) is 0. The van der Waals surface area contributed by atoms with Crippen molar-refractivity contribution in [3.63, 3.8) is 0 Å². The molecule has 0 aromatic heterocycles. The van der Waals surface area contributed by atoms with Gasteiger partial charge in [0.25, 0.3) is 0 Å². The molecule has 0 bridgehead atoms. The Bertz CT molecular complexity index is 1260. The quantitative estimate of drug-likeness (QED) is 0.268. The van der Waals surface area contributed by atoms with Crippen LogP contribution in [0.4, 0.5) is 0 Å². The summed E-state index contributed by atoms with van der Waals surface area (Å²) in [5.74, 6) is 0. The maximum Gasteiger partial charge on any atom is 0.0714 e. The molecule has 166 valence electrons. The molecule has 1 aliphatic rings. The molecule has 0 nitrogen and oxygen atoms in total. The Morgan fingerprint density at radius 1 is 0.485 bits per heavy atom. The molecule has 0 atom stereocenters. The fourth-order valence-corrected chi connectivity index (χ4v) is 5.91. The first kappa shape index (κ1) is 21.7. The minimum Gasteiger partial charge on any atom is -0.0613 e. The molecule has 0 spiro atoms. The average Bonchev–Trinajstić information content (AvgIpc) is 3.07. The number of fused-ring (bicyclic) bond motifs is 3. The predicted molar refractivity (Wildman–Crippen MR) is 141 cm³/mol. The molecule has 0 saturated carbocycles. The van der Waals surface area contributed by atoms with E-state index in [1.807, 2.05) is 0 Å². The van der Waals surface area contributed by atoms with Gasteiger partial charge >= 0.3 is 0 Å². The summed E-state index contributed by atoms with van der Waals surface area (Å²) < 4.78 is 0. The van der Waals surface area contributed by atoms with E-state index in [4.69, 9.17) is 0 Å². The molecule has 0 heterocycles. The number of hydrogen-bond donors (Lipinski definition) is 0. The molecule has 0 aliphatic heterocycles. The third kappa shape index (κ3) is 3.35. The number of benzene rings is 4. The number of rotatable bonds is 4. The van der Waals surface area contributed by atoms with E-state index < -0.39 is 0 Å². The van der Waals surface area contributed by atoms with Gasteiger partial charge in [-0.25, -0.2) is 0 Å². The second-order valence-corrected chi connectivity index (χ2v) is 9.97. The van der Waals surface area contributed by atoms with Crippen LogP contribution >= 0.6 is 0 Å². The first-order valence-corrected chi connectivity index (χ1v) is 12.3. The van der Waals surface area contributed by atoms with Gasteiger partial charge in [0.15, 0.2) is 0 Å². The zero-order valence-electron chi connectivity index (χ0n) is 20.8. The van der Waals surface area contributed by atoms with Crippen molar-refractivity contribution in [2.75, 3.05) is 0 Å². The Kier molecular flexibility index (Phi) is 5.28. The smallest absolute Gasteiger partial charge is 0.0613 e. The van der Waals surface area contributed by atoms with Gasteiger partial charge in [-0.1, -0.05) is 109 Å². The lowest BCUT2D eigenvalue weighted by molar-refractivity contribution is 0.759. The predicted octanol–water partition coefficient (Wildman–Crippen LogP) is 8.41. The Hall–Kier alpha value is -3.12. The molecule has 0 heteroatoms. The standard InChI is InChI=1S/C33H34/c1-7-25-13-23(5)15-27(19-25)33(28-16-24(6)14-26(8-2)20-28)31-17-21(3)9-11-29(31)30-12-10-22(4)18-32(30)33/h9-20H,7-8H2,1-6H3. The van der Waals surface area contributed by atoms with Crippen LogP contribution in [0.3, 0.4) is 0 Å². The molecular formula is C33H34. The molecule has 0 saturated heterocycles. The minimum absolute atomic E-state index is 0.311. The molecule has 0 unspecified atom stereocenters. The van der Waals surface area contributed by atoms with Crippen molar-refractivity contribution in [2.24, 2.45) is 0 Å². The van der Waals surface area contributed by atoms with Gasteiger partial charge < -0.3 is 0 Å². The zero-order valence-corrected chi connectivity index (χ0v) is 20.8. The van der Waals surface area contributed by atoms with Crippen LogP contribution in [0.15, 0.2) is 72.8 Å². The zero-order chi connectivity index (χ0) is 23.3. The van der Waals surface area contributed by atoms with Gasteiger partial charge in [0, 0.05) is 0 Å². The second kappa shape index (κ2) is 8.03. The third-order valence-corrected chi connectivity index (χ3v) is 7.41. The molecule has 0 fully saturated rings. The van der Waals surface area contributed by atoms with Gasteiger partial charge in [-0.15, -0.1) is 0 Å². The summed E-state index contributed by atoms with van der Waals surface area (Å²) in [5.41, 5.74) is 16.2. The largest absolute Gasteiger partial charge is 0.0714 e. The van der Waals surface area contributed by atoms with Crippen molar-refractivity contribution < 1.29 is 0 Å².